The summed E-state index contributed by atoms with van der Waals surface area (Å²) in [5, 5.41) is 12.0. The van der Waals surface area contributed by atoms with Gasteiger partial charge in [-0.1, -0.05) is 0 Å². The summed E-state index contributed by atoms with van der Waals surface area (Å²) >= 11 is 1.70. The zero-order valence-corrected chi connectivity index (χ0v) is 12.2. The number of nitriles is 1. The van der Waals surface area contributed by atoms with Crippen LogP contribution in [0.15, 0.2) is 0 Å². The van der Waals surface area contributed by atoms with Crippen LogP contribution in [0.25, 0.3) is 0 Å². The minimum atomic E-state index is -0.0801. The lowest BCUT2D eigenvalue weighted by molar-refractivity contribution is -0.0697. The molecule has 1 aliphatic heterocycles. The molecule has 0 aromatic carbocycles. The maximum atomic E-state index is 8.42. The summed E-state index contributed by atoms with van der Waals surface area (Å²) in [7, 11) is 0. The van der Waals surface area contributed by atoms with Gasteiger partial charge in [-0.15, -0.1) is 11.8 Å². The molecule has 98 valence electrons. The first-order chi connectivity index (χ1) is 7.87. The Morgan fingerprint density at radius 3 is 2.65 bits per heavy atom. The smallest absolute Gasteiger partial charge is 0.0808 e. The van der Waals surface area contributed by atoms with E-state index in [4.69, 9.17) is 10.00 Å². The van der Waals surface area contributed by atoms with E-state index in [2.05, 4.69) is 39.1 Å². The first kappa shape index (κ1) is 14.8. The van der Waals surface area contributed by atoms with Crippen LogP contribution < -0.4 is 5.32 Å². The standard InChI is InChI=1S/C13H24N2OS/c1-12(2)10-11(13(3,4)16-12)15-7-5-8-17-9-6-14/h11,15H,5,7-10H2,1-4H3/t11-/m0/s1. The molecule has 1 rings (SSSR count). The summed E-state index contributed by atoms with van der Waals surface area (Å²) < 4.78 is 6.03. The van der Waals surface area contributed by atoms with Gasteiger partial charge in [0.25, 0.3) is 0 Å². The van der Waals surface area contributed by atoms with Crippen LogP contribution >= 0.6 is 11.8 Å². The van der Waals surface area contributed by atoms with E-state index in [1.807, 2.05) is 0 Å². The van der Waals surface area contributed by atoms with Crippen LogP contribution in [-0.4, -0.2) is 35.3 Å². The van der Waals surface area contributed by atoms with Crippen molar-refractivity contribution in [3.63, 3.8) is 0 Å². The third kappa shape index (κ3) is 4.87. The van der Waals surface area contributed by atoms with Crippen LogP contribution in [-0.2, 0) is 4.74 Å². The lowest BCUT2D eigenvalue weighted by atomic mass is 9.94. The fourth-order valence-corrected chi connectivity index (χ4v) is 3.03. The van der Waals surface area contributed by atoms with E-state index in [1.165, 1.54) is 0 Å². The molecule has 0 aromatic rings. The van der Waals surface area contributed by atoms with Crippen molar-refractivity contribution in [1.82, 2.24) is 5.32 Å². The molecule has 1 N–H and O–H groups in total. The van der Waals surface area contributed by atoms with E-state index >= 15 is 0 Å². The second kappa shape index (κ2) is 6.08. The Kier molecular flexibility index (Phi) is 5.30. The zero-order chi connectivity index (χ0) is 12.9. The number of hydrogen-bond donors (Lipinski definition) is 1. The van der Waals surface area contributed by atoms with Gasteiger partial charge in [0.05, 0.1) is 23.0 Å². The second-order valence-corrected chi connectivity index (χ2v) is 6.85. The normalized spacial score (nSPS) is 25.7. The van der Waals surface area contributed by atoms with E-state index in [0.717, 1.165) is 25.1 Å². The Bertz CT molecular complexity index is 284. The van der Waals surface area contributed by atoms with Crippen LogP contribution in [0.3, 0.4) is 0 Å². The van der Waals surface area contributed by atoms with Crippen LogP contribution in [0.4, 0.5) is 0 Å². The molecule has 0 saturated carbocycles. The molecule has 1 heterocycles. The number of hydrogen-bond acceptors (Lipinski definition) is 4. The van der Waals surface area contributed by atoms with Gasteiger partial charge in [0.15, 0.2) is 0 Å². The van der Waals surface area contributed by atoms with Gasteiger partial charge >= 0.3 is 0 Å². The molecule has 0 spiro atoms. The van der Waals surface area contributed by atoms with Gasteiger partial charge in [0.1, 0.15) is 0 Å². The van der Waals surface area contributed by atoms with Gasteiger partial charge in [-0.25, -0.2) is 0 Å². The van der Waals surface area contributed by atoms with Crippen molar-refractivity contribution in [2.45, 2.75) is 57.8 Å². The molecular formula is C13H24N2OS. The molecule has 0 bridgehead atoms. The monoisotopic (exact) mass is 256 g/mol. The Balaban J connectivity index is 2.21. The number of nitrogens with zero attached hydrogens (tertiary/aromatic N) is 1. The highest BCUT2D eigenvalue weighted by atomic mass is 32.2. The topological polar surface area (TPSA) is 45.0 Å². The molecule has 0 radical (unpaired) electrons. The second-order valence-electron chi connectivity index (χ2n) is 5.74. The van der Waals surface area contributed by atoms with Crippen molar-refractivity contribution in [2.75, 3.05) is 18.1 Å². The maximum absolute atomic E-state index is 8.42. The quantitative estimate of drug-likeness (QED) is 0.742. The molecule has 1 saturated heterocycles. The van der Waals surface area contributed by atoms with E-state index < -0.39 is 0 Å². The van der Waals surface area contributed by atoms with E-state index in [0.29, 0.717) is 11.8 Å². The van der Waals surface area contributed by atoms with Crippen molar-refractivity contribution in [2.24, 2.45) is 0 Å². The van der Waals surface area contributed by atoms with Crippen LogP contribution in [0.5, 0.6) is 0 Å². The molecule has 0 amide bonds. The van der Waals surface area contributed by atoms with Crippen molar-refractivity contribution >= 4 is 11.8 Å². The third-order valence-electron chi connectivity index (χ3n) is 3.10. The Hall–Kier alpha value is -0.240. The van der Waals surface area contributed by atoms with Crippen LogP contribution in [0.1, 0.15) is 40.5 Å². The Labute approximate surface area is 109 Å². The summed E-state index contributed by atoms with van der Waals surface area (Å²) in [5.41, 5.74) is -0.0972. The highest BCUT2D eigenvalue weighted by Gasteiger charge is 2.45. The summed E-state index contributed by atoms with van der Waals surface area (Å²) in [6.45, 7) is 9.62. The molecule has 1 atom stereocenters. The molecule has 3 nitrogen and oxygen atoms in total. The summed E-state index contributed by atoms with van der Waals surface area (Å²) in [6.07, 6.45) is 2.17. The fraction of sp³-hybridized carbons (Fsp3) is 0.923. The zero-order valence-electron chi connectivity index (χ0n) is 11.4. The SMILES string of the molecule is CC1(C)C[C@H](NCCCSCC#N)C(C)(C)O1. The molecule has 0 unspecified atom stereocenters. The Morgan fingerprint density at radius 1 is 1.41 bits per heavy atom. The fourth-order valence-electron chi connectivity index (χ4n) is 2.45. The molecule has 17 heavy (non-hydrogen) atoms. The van der Waals surface area contributed by atoms with E-state index in [9.17, 15) is 0 Å². The van der Waals surface area contributed by atoms with Crippen molar-refractivity contribution in [1.29, 1.82) is 5.26 Å². The average molecular weight is 256 g/mol. The van der Waals surface area contributed by atoms with Crippen molar-refractivity contribution < 1.29 is 4.74 Å². The van der Waals surface area contributed by atoms with Crippen molar-refractivity contribution in [3.05, 3.63) is 0 Å². The van der Waals surface area contributed by atoms with E-state index in [1.54, 1.807) is 11.8 Å². The predicted octanol–water partition coefficient (Wildman–Crippen LogP) is 2.57. The summed E-state index contributed by atoms with van der Waals surface area (Å²) in [4.78, 5) is 0. The summed E-state index contributed by atoms with van der Waals surface area (Å²) in [6, 6.07) is 2.58. The molecule has 1 fully saturated rings. The van der Waals surface area contributed by atoms with Gasteiger partial charge in [-0.3, -0.25) is 0 Å². The van der Waals surface area contributed by atoms with Crippen LogP contribution in [0.2, 0.25) is 0 Å². The van der Waals surface area contributed by atoms with Gasteiger partial charge in [-0.05, 0) is 52.8 Å². The lowest BCUT2D eigenvalue weighted by Gasteiger charge is -2.27. The minimum absolute atomic E-state index is 0.0171. The van der Waals surface area contributed by atoms with Gasteiger partial charge < -0.3 is 10.1 Å². The number of nitrogens with one attached hydrogen (secondary N) is 1. The molecule has 0 aromatic heterocycles. The Morgan fingerprint density at radius 2 is 2.12 bits per heavy atom. The molecule has 0 aliphatic carbocycles. The third-order valence-corrected chi connectivity index (χ3v) is 4.01. The van der Waals surface area contributed by atoms with Crippen LogP contribution in [0, 0.1) is 11.3 Å². The predicted molar refractivity (Wildman–Crippen MR) is 73.2 cm³/mol. The van der Waals surface area contributed by atoms with E-state index in [-0.39, 0.29) is 11.2 Å². The largest absolute Gasteiger partial charge is 0.368 e. The number of rotatable bonds is 6. The number of ether oxygens (including phenoxy) is 1. The number of thioether (sulfide) groups is 1. The maximum Gasteiger partial charge on any atom is 0.0808 e. The first-order valence-corrected chi connectivity index (χ1v) is 7.41. The van der Waals surface area contributed by atoms with Crippen molar-refractivity contribution in [3.8, 4) is 6.07 Å². The van der Waals surface area contributed by atoms with Gasteiger partial charge in [-0.2, -0.15) is 5.26 Å². The highest BCUT2D eigenvalue weighted by Crippen LogP contribution is 2.37. The molecule has 1 aliphatic rings. The first-order valence-electron chi connectivity index (χ1n) is 6.26. The lowest BCUT2D eigenvalue weighted by Crippen LogP contribution is -2.43. The minimum Gasteiger partial charge on any atom is -0.368 e. The summed E-state index contributed by atoms with van der Waals surface area (Å²) in [5.74, 6) is 1.66. The molecular weight excluding hydrogens is 232 g/mol. The highest BCUT2D eigenvalue weighted by molar-refractivity contribution is 7.99. The molecule has 4 heteroatoms. The van der Waals surface area contributed by atoms with Gasteiger partial charge in [0, 0.05) is 6.04 Å². The average Bonchev–Trinajstić information content (AvgIpc) is 2.40. The van der Waals surface area contributed by atoms with Gasteiger partial charge in [0.2, 0.25) is 0 Å².